The van der Waals surface area contributed by atoms with Crippen LogP contribution in [0.3, 0.4) is 0 Å². The summed E-state index contributed by atoms with van der Waals surface area (Å²) in [6.07, 6.45) is 1.20. The number of azide groups is 2. The Balaban J connectivity index is 2.20. The number of carboxylic acid groups (broad SMARTS) is 1. The minimum atomic E-state index is -1.12. The summed E-state index contributed by atoms with van der Waals surface area (Å²) in [5.74, 6) is -1.25. The zero-order chi connectivity index (χ0) is 19.1. The van der Waals surface area contributed by atoms with E-state index in [-0.39, 0.29) is 30.0 Å². The fourth-order valence-electron chi connectivity index (χ4n) is 2.19. The minimum absolute atomic E-state index is 0.0000402. The van der Waals surface area contributed by atoms with Gasteiger partial charge in [0.1, 0.15) is 11.5 Å². The molecule has 2 N–H and O–H groups in total. The van der Waals surface area contributed by atoms with E-state index in [1.807, 2.05) is 0 Å². The second kappa shape index (κ2) is 8.20. The quantitative estimate of drug-likeness (QED) is 0.440. The Morgan fingerprint density at radius 1 is 1.31 bits per heavy atom. The molecule has 0 fully saturated rings. The number of benzene rings is 1. The van der Waals surface area contributed by atoms with Crippen molar-refractivity contribution in [3.05, 3.63) is 67.9 Å². The van der Waals surface area contributed by atoms with Gasteiger partial charge in [-0.1, -0.05) is 10.2 Å². The average Bonchev–Trinajstić information content (AvgIpc) is 2.98. The Morgan fingerprint density at radius 2 is 2.08 bits per heavy atom. The van der Waals surface area contributed by atoms with E-state index in [1.54, 1.807) is 0 Å². The number of hydrogen-bond donors (Lipinski definition) is 2. The normalized spacial score (nSPS) is 9.73. The summed E-state index contributed by atoms with van der Waals surface area (Å²) in [4.78, 5) is 32.6. The summed E-state index contributed by atoms with van der Waals surface area (Å²) < 4.78 is 1.35. The van der Waals surface area contributed by atoms with Crippen LogP contribution in [0.1, 0.15) is 32.2 Å². The molecule has 26 heavy (non-hydrogen) atoms. The monoisotopic (exact) mass is 355 g/mol. The number of hydrogen-bond acceptors (Lipinski definition) is 5. The third-order valence-corrected chi connectivity index (χ3v) is 3.43. The highest BCUT2D eigenvalue weighted by Gasteiger charge is 2.14. The highest BCUT2D eigenvalue weighted by atomic mass is 16.4. The van der Waals surface area contributed by atoms with E-state index in [4.69, 9.17) is 16.2 Å². The first-order valence-electron chi connectivity index (χ1n) is 7.18. The first-order chi connectivity index (χ1) is 12.5. The number of aromatic nitrogens is 2. The van der Waals surface area contributed by atoms with Gasteiger partial charge < -0.3 is 15.0 Å². The van der Waals surface area contributed by atoms with Crippen LogP contribution >= 0.6 is 0 Å². The van der Waals surface area contributed by atoms with Crippen molar-refractivity contribution in [1.29, 1.82) is 0 Å². The molecular weight excluding hydrogens is 342 g/mol. The second-order valence-corrected chi connectivity index (χ2v) is 5.07. The zero-order valence-electron chi connectivity index (χ0n) is 13.6. The molecule has 1 aromatic heterocycles. The van der Waals surface area contributed by atoms with Crippen LogP contribution in [0.5, 0.6) is 0 Å². The van der Waals surface area contributed by atoms with Gasteiger partial charge in [-0.3, -0.25) is 4.79 Å². The predicted octanol–water partition coefficient (Wildman–Crippen LogP) is 2.80. The SMILES string of the molecule is Cn1c(C(=O)O)cnc1CNC(=O)c1cc(CN=[N+]=[N-])cc(N=[N+]=[N-])c1. The maximum absolute atomic E-state index is 12.3. The summed E-state index contributed by atoms with van der Waals surface area (Å²) in [6, 6.07) is 4.39. The largest absolute Gasteiger partial charge is 0.477 e. The van der Waals surface area contributed by atoms with E-state index in [2.05, 4.69) is 30.4 Å². The number of carbonyl (C=O) groups excluding carboxylic acids is 1. The van der Waals surface area contributed by atoms with Crippen molar-refractivity contribution in [2.75, 3.05) is 0 Å². The molecule has 12 nitrogen and oxygen atoms in total. The number of carboxylic acids is 1. The maximum Gasteiger partial charge on any atom is 0.354 e. The van der Waals surface area contributed by atoms with Gasteiger partial charge in [0, 0.05) is 28.1 Å². The molecule has 0 spiro atoms. The van der Waals surface area contributed by atoms with Gasteiger partial charge in [0.25, 0.3) is 5.91 Å². The molecule has 0 atom stereocenters. The van der Waals surface area contributed by atoms with Gasteiger partial charge in [-0.15, -0.1) is 0 Å². The molecule has 0 aliphatic rings. The smallest absolute Gasteiger partial charge is 0.354 e. The van der Waals surface area contributed by atoms with Crippen molar-refractivity contribution in [3.8, 4) is 0 Å². The Morgan fingerprint density at radius 3 is 2.69 bits per heavy atom. The molecule has 132 valence electrons. The molecule has 0 aliphatic heterocycles. The number of amides is 1. The fraction of sp³-hybridized carbons (Fsp3) is 0.214. The standard InChI is InChI=1S/C14H13N9O3/c1-23-11(14(25)26)6-17-12(23)7-18-13(24)9-2-8(5-19-21-15)3-10(4-9)20-22-16/h2-4,6H,5,7H2,1H3,(H,18,24)(H,25,26). The summed E-state index contributed by atoms with van der Waals surface area (Å²) in [6.45, 7) is -0.00700. The predicted molar refractivity (Wildman–Crippen MR) is 89.4 cm³/mol. The number of nitrogens with zero attached hydrogens (tertiary/aromatic N) is 8. The van der Waals surface area contributed by atoms with Crippen LogP contribution in [0, 0.1) is 0 Å². The van der Waals surface area contributed by atoms with Crippen molar-refractivity contribution < 1.29 is 14.7 Å². The van der Waals surface area contributed by atoms with Gasteiger partial charge in [-0.25, -0.2) is 9.78 Å². The van der Waals surface area contributed by atoms with Gasteiger partial charge in [-0.05, 0) is 34.8 Å². The summed E-state index contributed by atoms with van der Waals surface area (Å²) in [7, 11) is 1.53. The Bertz CT molecular complexity index is 953. The molecule has 2 aromatic rings. The van der Waals surface area contributed by atoms with Gasteiger partial charge in [-0.2, -0.15) is 0 Å². The van der Waals surface area contributed by atoms with E-state index < -0.39 is 11.9 Å². The number of imidazole rings is 1. The Labute approximate surface area is 146 Å². The third kappa shape index (κ3) is 4.29. The van der Waals surface area contributed by atoms with Crippen molar-refractivity contribution in [3.63, 3.8) is 0 Å². The van der Waals surface area contributed by atoms with Gasteiger partial charge in [0.2, 0.25) is 0 Å². The molecule has 0 saturated carbocycles. The highest BCUT2D eigenvalue weighted by molar-refractivity contribution is 5.95. The van der Waals surface area contributed by atoms with E-state index in [0.29, 0.717) is 11.4 Å². The Kier molecular flexibility index (Phi) is 5.78. The van der Waals surface area contributed by atoms with Gasteiger partial charge >= 0.3 is 5.97 Å². The van der Waals surface area contributed by atoms with Gasteiger partial charge in [0.15, 0.2) is 0 Å². The first kappa shape index (κ1) is 18.3. The summed E-state index contributed by atoms with van der Waals surface area (Å²) >= 11 is 0. The third-order valence-electron chi connectivity index (χ3n) is 3.43. The number of aromatic carboxylic acids is 1. The van der Waals surface area contributed by atoms with Crippen LogP contribution in [-0.2, 0) is 20.1 Å². The number of carbonyl (C=O) groups is 2. The molecule has 0 bridgehead atoms. The van der Waals surface area contributed by atoms with E-state index >= 15 is 0 Å². The Hall–Kier alpha value is -4.01. The fourth-order valence-corrected chi connectivity index (χ4v) is 2.19. The second-order valence-electron chi connectivity index (χ2n) is 5.07. The molecule has 1 aromatic carbocycles. The van der Waals surface area contributed by atoms with Crippen molar-refractivity contribution >= 4 is 17.6 Å². The lowest BCUT2D eigenvalue weighted by atomic mass is 10.1. The molecule has 0 radical (unpaired) electrons. The molecular formula is C14H13N9O3. The molecule has 2 rings (SSSR count). The van der Waals surface area contributed by atoms with E-state index in [1.165, 1.54) is 36.0 Å². The molecule has 0 saturated heterocycles. The topological polar surface area (TPSA) is 182 Å². The lowest BCUT2D eigenvalue weighted by Gasteiger charge is -2.08. The van der Waals surface area contributed by atoms with Gasteiger partial charge in [0.05, 0.1) is 19.3 Å². The number of rotatable bonds is 7. The minimum Gasteiger partial charge on any atom is -0.477 e. The lowest BCUT2D eigenvalue weighted by Crippen LogP contribution is -2.25. The molecule has 0 aliphatic carbocycles. The van der Waals surface area contributed by atoms with Crippen molar-refractivity contribution in [1.82, 2.24) is 14.9 Å². The van der Waals surface area contributed by atoms with Crippen LogP contribution in [0.4, 0.5) is 5.69 Å². The van der Waals surface area contributed by atoms with E-state index in [9.17, 15) is 9.59 Å². The maximum atomic E-state index is 12.3. The molecule has 0 unspecified atom stereocenters. The first-order valence-corrected chi connectivity index (χ1v) is 7.18. The average molecular weight is 355 g/mol. The summed E-state index contributed by atoms with van der Waals surface area (Å²) in [5.41, 5.74) is 17.9. The van der Waals surface area contributed by atoms with Crippen molar-refractivity contribution in [2.45, 2.75) is 13.1 Å². The van der Waals surface area contributed by atoms with Crippen LogP contribution in [-0.4, -0.2) is 26.5 Å². The van der Waals surface area contributed by atoms with Crippen molar-refractivity contribution in [2.24, 2.45) is 17.3 Å². The lowest BCUT2D eigenvalue weighted by molar-refractivity contribution is 0.0686. The van der Waals surface area contributed by atoms with E-state index in [0.717, 1.165) is 0 Å². The highest BCUT2D eigenvalue weighted by Crippen LogP contribution is 2.19. The molecule has 12 heteroatoms. The van der Waals surface area contributed by atoms with Crippen LogP contribution in [0.25, 0.3) is 20.9 Å². The van der Waals surface area contributed by atoms with Crippen LogP contribution < -0.4 is 5.32 Å². The van der Waals surface area contributed by atoms with Crippen LogP contribution in [0.2, 0.25) is 0 Å². The van der Waals surface area contributed by atoms with Crippen LogP contribution in [0.15, 0.2) is 34.6 Å². The molecule has 1 heterocycles. The molecule has 1 amide bonds. The summed E-state index contributed by atoms with van der Waals surface area (Å²) in [5, 5.41) is 18.5. The number of nitrogens with one attached hydrogen (secondary N) is 1. The zero-order valence-corrected chi connectivity index (χ0v) is 13.6.